The normalized spacial score (nSPS) is 11.9. The molecule has 0 bridgehead atoms. The number of thiophene rings is 6. The number of fused-ring (bicyclic) bond motifs is 12. The zero-order chi connectivity index (χ0) is 21.2. The monoisotopic (exact) mass is 522 g/mol. The highest BCUT2D eigenvalue weighted by Crippen LogP contribution is 2.46. The highest BCUT2D eigenvalue weighted by atomic mass is 32.1. The van der Waals surface area contributed by atoms with Crippen molar-refractivity contribution < 1.29 is 4.74 Å². The highest BCUT2D eigenvalue weighted by molar-refractivity contribution is 7.27. The standard InChI is InChI=1S/C13H8OS3.C12H6S3/c1-14-10-6-9-12-7(2-4-16-12)11-8(3-5-15-11)13(9)17-10;1-4-13-10-7(1)11-9(2-5-14-11)12-8(10)3-6-15-12/h2-6H,1H3;1-6H. The summed E-state index contributed by atoms with van der Waals surface area (Å²) in [6.45, 7) is 0. The molecule has 0 saturated heterocycles. The Labute approximate surface area is 207 Å². The molecule has 6 heterocycles. The van der Waals surface area contributed by atoms with E-state index in [9.17, 15) is 0 Å². The number of hydrogen-bond donors (Lipinski definition) is 0. The zero-order valence-corrected chi connectivity index (χ0v) is 21.6. The van der Waals surface area contributed by atoms with Crippen molar-refractivity contribution in [1.82, 2.24) is 0 Å². The Balaban J connectivity index is 0.000000114. The Bertz CT molecular complexity index is 1620. The van der Waals surface area contributed by atoms with E-state index in [4.69, 9.17) is 4.74 Å². The molecule has 0 aliphatic carbocycles. The van der Waals surface area contributed by atoms with Gasteiger partial charge in [0.15, 0.2) is 5.06 Å². The lowest BCUT2D eigenvalue weighted by Crippen LogP contribution is -1.73. The molecule has 0 aliphatic heterocycles. The van der Waals surface area contributed by atoms with Crippen LogP contribution in [0.15, 0.2) is 63.3 Å². The largest absolute Gasteiger partial charge is 0.487 e. The summed E-state index contributed by atoms with van der Waals surface area (Å²) in [6, 6.07) is 13.3. The van der Waals surface area contributed by atoms with Gasteiger partial charge in [-0.1, -0.05) is 11.3 Å². The van der Waals surface area contributed by atoms with Gasteiger partial charge in [-0.25, -0.2) is 0 Å². The van der Waals surface area contributed by atoms with Crippen LogP contribution in [0.3, 0.4) is 0 Å². The van der Waals surface area contributed by atoms with E-state index in [0.717, 1.165) is 5.06 Å². The molecule has 0 fully saturated rings. The number of ether oxygens (including phenoxy) is 1. The average Bonchev–Trinajstić information content (AvgIpc) is 3.65. The summed E-state index contributed by atoms with van der Waals surface area (Å²) in [5.74, 6) is 0. The van der Waals surface area contributed by atoms with E-state index in [1.54, 1.807) is 18.4 Å². The molecule has 0 N–H and O–H groups in total. The van der Waals surface area contributed by atoms with E-state index in [2.05, 4.69) is 63.3 Å². The maximum absolute atomic E-state index is 5.38. The maximum atomic E-state index is 5.38. The van der Waals surface area contributed by atoms with Gasteiger partial charge < -0.3 is 4.74 Å². The molecule has 0 saturated carbocycles. The van der Waals surface area contributed by atoms with Crippen LogP contribution in [0.25, 0.3) is 60.5 Å². The second-order valence-corrected chi connectivity index (χ2v) is 12.9. The summed E-state index contributed by atoms with van der Waals surface area (Å²) in [4.78, 5) is 0. The van der Waals surface area contributed by atoms with E-state index in [0.29, 0.717) is 0 Å². The van der Waals surface area contributed by atoms with Gasteiger partial charge in [0.2, 0.25) is 0 Å². The van der Waals surface area contributed by atoms with Crippen LogP contribution >= 0.6 is 68.0 Å². The van der Waals surface area contributed by atoms with Gasteiger partial charge in [0.25, 0.3) is 0 Å². The van der Waals surface area contributed by atoms with E-state index in [1.807, 2.05) is 56.7 Å². The summed E-state index contributed by atoms with van der Waals surface area (Å²) >= 11 is 10.9. The molecule has 0 aliphatic rings. The summed E-state index contributed by atoms with van der Waals surface area (Å²) in [7, 11) is 1.74. The van der Waals surface area contributed by atoms with E-state index in [1.165, 1.54) is 60.5 Å². The van der Waals surface area contributed by atoms with Gasteiger partial charge in [-0.15, -0.1) is 56.7 Å². The second kappa shape index (κ2) is 7.52. The minimum absolute atomic E-state index is 0.994. The smallest absolute Gasteiger partial charge is 0.174 e. The molecule has 0 atom stereocenters. The fourth-order valence-electron chi connectivity index (χ4n) is 4.32. The third-order valence-electron chi connectivity index (χ3n) is 5.70. The second-order valence-electron chi connectivity index (χ2n) is 7.33. The van der Waals surface area contributed by atoms with Gasteiger partial charge in [-0.05, 0) is 57.2 Å². The molecular weight excluding hydrogens is 509 g/mol. The van der Waals surface area contributed by atoms with Crippen molar-refractivity contribution in [1.29, 1.82) is 0 Å². The number of methoxy groups -OCH3 is 1. The van der Waals surface area contributed by atoms with Gasteiger partial charge in [0.05, 0.1) is 7.11 Å². The molecule has 2 aromatic carbocycles. The minimum atomic E-state index is 0.994. The van der Waals surface area contributed by atoms with Gasteiger partial charge in [-0.3, -0.25) is 0 Å². The topological polar surface area (TPSA) is 9.23 Å². The van der Waals surface area contributed by atoms with Crippen LogP contribution in [0.2, 0.25) is 0 Å². The lowest BCUT2D eigenvalue weighted by molar-refractivity contribution is 0.427. The van der Waals surface area contributed by atoms with Gasteiger partial charge in [0, 0.05) is 66.6 Å². The van der Waals surface area contributed by atoms with Crippen molar-refractivity contribution >= 4 is 129 Å². The number of hydrogen-bond acceptors (Lipinski definition) is 7. The Hall–Kier alpha value is -2.00. The van der Waals surface area contributed by atoms with Crippen molar-refractivity contribution in [3.63, 3.8) is 0 Å². The minimum Gasteiger partial charge on any atom is -0.487 e. The fourth-order valence-corrected chi connectivity index (χ4v) is 10.4. The van der Waals surface area contributed by atoms with E-state index >= 15 is 0 Å². The van der Waals surface area contributed by atoms with Gasteiger partial charge in [0.1, 0.15) is 0 Å². The van der Waals surface area contributed by atoms with Gasteiger partial charge in [-0.2, -0.15) is 0 Å². The quantitative estimate of drug-likeness (QED) is 0.208. The molecule has 0 amide bonds. The van der Waals surface area contributed by atoms with Crippen molar-refractivity contribution in [3.05, 3.63) is 63.3 Å². The third-order valence-corrected chi connectivity index (χ3v) is 11.6. The fraction of sp³-hybridized carbons (Fsp3) is 0.0400. The molecular formula is C25H14OS6. The molecule has 0 radical (unpaired) electrons. The molecule has 156 valence electrons. The van der Waals surface area contributed by atoms with Crippen molar-refractivity contribution in [2.75, 3.05) is 7.11 Å². The molecule has 32 heavy (non-hydrogen) atoms. The lowest BCUT2D eigenvalue weighted by atomic mass is 10.1. The molecule has 0 unspecified atom stereocenters. The molecule has 7 heteroatoms. The van der Waals surface area contributed by atoms with Gasteiger partial charge >= 0.3 is 0 Å². The third kappa shape index (κ3) is 2.76. The Kier molecular flexibility index (Phi) is 4.57. The number of benzene rings is 2. The van der Waals surface area contributed by atoms with Crippen molar-refractivity contribution in [2.24, 2.45) is 0 Å². The molecule has 6 aromatic heterocycles. The average molecular weight is 523 g/mol. The van der Waals surface area contributed by atoms with Crippen molar-refractivity contribution in [3.8, 4) is 5.06 Å². The predicted octanol–water partition coefficient (Wildman–Crippen LogP) is 10.7. The first-order valence-electron chi connectivity index (χ1n) is 9.91. The summed E-state index contributed by atoms with van der Waals surface area (Å²) in [5.41, 5.74) is 0. The van der Waals surface area contributed by atoms with E-state index in [-0.39, 0.29) is 0 Å². The van der Waals surface area contributed by atoms with Crippen molar-refractivity contribution in [2.45, 2.75) is 0 Å². The van der Waals surface area contributed by atoms with Crippen LogP contribution in [0.4, 0.5) is 0 Å². The summed E-state index contributed by atoms with van der Waals surface area (Å²) in [6.07, 6.45) is 0. The van der Waals surface area contributed by atoms with Crippen LogP contribution in [-0.2, 0) is 0 Å². The lowest BCUT2D eigenvalue weighted by Gasteiger charge is -1.96. The summed E-state index contributed by atoms with van der Waals surface area (Å²) in [5, 5.41) is 20.3. The molecule has 8 rings (SSSR count). The van der Waals surface area contributed by atoms with Crippen LogP contribution in [-0.4, -0.2) is 7.11 Å². The first-order valence-corrected chi connectivity index (χ1v) is 15.1. The van der Waals surface area contributed by atoms with Crippen LogP contribution in [0.5, 0.6) is 5.06 Å². The van der Waals surface area contributed by atoms with Crippen LogP contribution in [0.1, 0.15) is 0 Å². The highest BCUT2D eigenvalue weighted by Gasteiger charge is 2.14. The zero-order valence-electron chi connectivity index (χ0n) is 16.7. The molecule has 0 spiro atoms. The summed E-state index contributed by atoms with van der Waals surface area (Å²) < 4.78 is 13.9. The SMILES string of the molecule is COc1cc2c3sccc3c3sccc3c2s1.c1cc2c(s1)c1ccsc1c1ccsc21. The first kappa shape index (κ1) is 19.5. The predicted molar refractivity (Wildman–Crippen MR) is 152 cm³/mol. The van der Waals surface area contributed by atoms with E-state index < -0.39 is 0 Å². The first-order chi connectivity index (χ1) is 15.8. The van der Waals surface area contributed by atoms with Crippen LogP contribution in [0, 0.1) is 0 Å². The Morgan fingerprint density at radius 3 is 1.19 bits per heavy atom. The Morgan fingerprint density at radius 1 is 0.469 bits per heavy atom. The maximum Gasteiger partial charge on any atom is 0.174 e. The Morgan fingerprint density at radius 2 is 0.812 bits per heavy atom. The van der Waals surface area contributed by atoms with Crippen LogP contribution < -0.4 is 4.74 Å². The number of rotatable bonds is 1. The molecule has 8 aromatic rings. The molecule has 1 nitrogen and oxygen atoms in total.